The van der Waals surface area contributed by atoms with Crippen LogP contribution in [-0.2, 0) is 6.54 Å². The summed E-state index contributed by atoms with van der Waals surface area (Å²) >= 11 is 0. The van der Waals surface area contributed by atoms with Crippen molar-refractivity contribution in [2.75, 3.05) is 13.7 Å². The zero-order chi connectivity index (χ0) is 15.2. The first-order valence-corrected chi connectivity index (χ1v) is 7.13. The minimum Gasteiger partial charge on any atom is -0.493 e. The van der Waals surface area contributed by atoms with E-state index in [1.807, 2.05) is 44.2 Å². The lowest BCUT2D eigenvalue weighted by molar-refractivity contribution is 0.373. The van der Waals surface area contributed by atoms with Crippen molar-refractivity contribution in [2.24, 2.45) is 0 Å². The van der Waals surface area contributed by atoms with Gasteiger partial charge in [0.15, 0.2) is 11.5 Å². The van der Waals surface area contributed by atoms with E-state index in [-0.39, 0.29) is 0 Å². The lowest BCUT2D eigenvalue weighted by Crippen LogP contribution is -2.13. The van der Waals surface area contributed by atoms with Gasteiger partial charge in [-0.25, -0.2) is 4.98 Å². The Labute approximate surface area is 126 Å². The molecule has 0 spiro atoms. The Hall–Kier alpha value is -2.07. The molecule has 1 aromatic carbocycles. The molecule has 0 fully saturated rings. The summed E-state index contributed by atoms with van der Waals surface area (Å²) in [4.78, 5) is 4.50. The molecule has 0 aliphatic carbocycles. The molecule has 0 saturated carbocycles. The third-order valence-corrected chi connectivity index (χ3v) is 3.27. The van der Waals surface area contributed by atoms with Crippen molar-refractivity contribution in [3.8, 4) is 17.4 Å². The molecule has 0 atom stereocenters. The molecule has 0 saturated heterocycles. The molecule has 1 N–H and O–H groups in total. The largest absolute Gasteiger partial charge is 0.493 e. The maximum atomic E-state index is 5.84. The van der Waals surface area contributed by atoms with Gasteiger partial charge in [0, 0.05) is 18.3 Å². The fourth-order valence-corrected chi connectivity index (χ4v) is 2.04. The van der Waals surface area contributed by atoms with Gasteiger partial charge in [-0.2, -0.15) is 0 Å². The molecule has 0 amide bonds. The lowest BCUT2D eigenvalue weighted by Gasteiger charge is -2.12. The molecular formula is C17H22N2O2. The fraction of sp³-hybridized carbons (Fsp3) is 0.353. The van der Waals surface area contributed by atoms with Crippen LogP contribution >= 0.6 is 0 Å². The topological polar surface area (TPSA) is 43.4 Å². The van der Waals surface area contributed by atoms with Crippen LogP contribution in [0, 0.1) is 13.8 Å². The number of pyridine rings is 1. The second kappa shape index (κ2) is 7.09. The average Bonchev–Trinajstić information content (AvgIpc) is 2.48. The molecule has 2 rings (SSSR count). The van der Waals surface area contributed by atoms with Gasteiger partial charge < -0.3 is 14.8 Å². The minimum atomic E-state index is 0.579. The van der Waals surface area contributed by atoms with E-state index < -0.39 is 0 Å². The second-order valence-corrected chi connectivity index (χ2v) is 4.93. The molecule has 2 aromatic rings. The number of hydrogen-bond acceptors (Lipinski definition) is 4. The standard InChI is InChI=1S/C17H22N2O2/c1-5-18-11-14-7-9-17(19-13(14)3)21-15-8-6-12(2)10-16(15)20-4/h6-10,18H,5,11H2,1-4H3. The Balaban J connectivity index is 2.18. The van der Waals surface area contributed by atoms with Crippen molar-refractivity contribution in [3.05, 3.63) is 47.2 Å². The van der Waals surface area contributed by atoms with E-state index in [0.29, 0.717) is 17.4 Å². The van der Waals surface area contributed by atoms with Crippen molar-refractivity contribution in [3.63, 3.8) is 0 Å². The first kappa shape index (κ1) is 15.3. The maximum Gasteiger partial charge on any atom is 0.219 e. The van der Waals surface area contributed by atoms with Crippen LogP contribution in [0.15, 0.2) is 30.3 Å². The molecule has 21 heavy (non-hydrogen) atoms. The molecule has 0 aliphatic heterocycles. The molecule has 4 nitrogen and oxygen atoms in total. The SMILES string of the molecule is CCNCc1ccc(Oc2ccc(C)cc2OC)nc1C. The zero-order valence-electron chi connectivity index (χ0n) is 13.1. The highest BCUT2D eigenvalue weighted by Gasteiger charge is 2.08. The number of nitrogens with zero attached hydrogens (tertiary/aromatic N) is 1. The van der Waals surface area contributed by atoms with Gasteiger partial charge in [-0.1, -0.05) is 19.1 Å². The van der Waals surface area contributed by atoms with Crippen LogP contribution in [-0.4, -0.2) is 18.6 Å². The van der Waals surface area contributed by atoms with E-state index in [9.17, 15) is 0 Å². The van der Waals surface area contributed by atoms with Crippen molar-refractivity contribution in [1.82, 2.24) is 10.3 Å². The maximum absolute atomic E-state index is 5.84. The van der Waals surface area contributed by atoms with Crippen LogP contribution < -0.4 is 14.8 Å². The number of aryl methyl sites for hydroxylation is 2. The van der Waals surface area contributed by atoms with E-state index >= 15 is 0 Å². The van der Waals surface area contributed by atoms with Gasteiger partial charge in [-0.05, 0) is 43.7 Å². The normalized spacial score (nSPS) is 10.5. The molecular weight excluding hydrogens is 264 g/mol. The van der Waals surface area contributed by atoms with Gasteiger partial charge in [0.2, 0.25) is 5.88 Å². The highest BCUT2D eigenvalue weighted by atomic mass is 16.5. The molecule has 4 heteroatoms. The summed E-state index contributed by atoms with van der Waals surface area (Å²) in [6, 6.07) is 9.77. The summed E-state index contributed by atoms with van der Waals surface area (Å²) in [5, 5.41) is 3.30. The van der Waals surface area contributed by atoms with Crippen molar-refractivity contribution >= 4 is 0 Å². The molecule has 0 aliphatic rings. The lowest BCUT2D eigenvalue weighted by atomic mass is 10.2. The second-order valence-electron chi connectivity index (χ2n) is 4.93. The Morgan fingerprint density at radius 1 is 1.10 bits per heavy atom. The number of aromatic nitrogens is 1. The van der Waals surface area contributed by atoms with Crippen LogP contribution in [0.4, 0.5) is 0 Å². The van der Waals surface area contributed by atoms with E-state index in [0.717, 1.165) is 24.3 Å². The monoisotopic (exact) mass is 286 g/mol. The Kier molecular flexibility index (Phi) is 5.17. The first-order valence-electron chi connectivity index (χ1n) is 7.13. The summed E-state index contributed by atoms with van der Waals surface area (Å²) in [5.74, 6) is 1.97. The van der Waals surface area contributed by atoms with E-state index in [1.54, 1.807) is 7.11 Å². The Bertz CT molecular complexity index is 612. The third kappa shape index (κ3) is 3.95. The number of nitrogens with one attached hydrogen (secondary N) is 1. The van der Waals surface area contributed by atoms with Crippen molar-refractivity contribution < 1.29 is 9.47 Å². The highest BCUT2D eigenvalue weighted by Crippen LogP contribution is 2.31. The van der Waals surface area contributed by atoms with E-state index in [2.05, 4.69) is 17.2 Å². The van der Waals surface area contributed by atoms with Gasteiger partial charge in [-0.15, -0.1) is 0 Å². The Morgan fingerprint density at radius 3 is 2.57 bits per heavy atom. The molecule has 0 bridgehead atoms. The molecule has 0 radical (unpaired) electrons. The van der Waals surface area contributed by atoms with Crippen LogP contribution in [0.3, 0.4) is 0 Å². The predicted octanol–water partition coefficient (Wildman–Crippen LogP) is 3.61. The van der Waals surface area contributed by atoms with Crippen LogP contribution in [0.25, 0.3) is 0 Å². The number of hydrogen-bond donors (Lipinski definition) is 1. The van der Waals surface area contributed by atoms with Gasteiger partial charge >= 0.3 is 0 Å². The van der Waals surface area contributed by atoms with Crippen LogP contribution in [0.2, 0.25) is 0 Å². The summed E-state index contributed by atoms with van der Waals surface area (Å²) in [6.45, 7) is 7.86. The molecule has 112 valence electrons. The minimum absolute atomic E-state index is 0.579. The number of methoxy groups -OCH3 is 1. The molecule has 0 unspecified atom stereocenters. The van der Waals surface area contributed by atoms with Gasteiger partial charge in [0.1, 0.15) is 0 Å². The molecule has 1 aromatic heterocycles. The van der Waals surface area contributed by atoms with Crippen molar-refractivity contribution in [2.45, 2.75) is 27.3 Å². The average molecular weight is 286 g/mol. The number of benzene rings is 1. The predicted molar refractivity (Wildman–Crippen MR) is 84.2 cm³/mol. The number of ether oxygens (including phenoxy) is 2. The first-order chi connectivity index (χ1) is 10.1. The summed E-state index contributed by atoms with van der Waals surface area (Å²) < 4.78 is 11.2. The number of rotatable bonds is 6. The Morgan fingerprint density at radius 2 is 1.90 bits per heavy atom. The van der Waals surface area contributed by atoms with Crippen LogP contribution in [0.5, 0.6) is 17.4 Å². The van der Waals surface area contributed by atoms with E-state index in [1.165, 1.54) is 5.56 Å². The highest BCUT2D eigenvalue weighted by molar-refractivity contribution is 5.44. The zero-order valence-corrected chi connectivity index (χ0v) is 13.1. The summed E-state index contributed by atoms with van der Waals surface area (Å²) in [5.41, 5.74) is 3.28. The van der Waals surface area contributed by atoms with Gasteiger partial charge in [0.05, 0.1) is 7.11 Å². The summed E-state index contributed by atoms with van der Waals surface area (Å²) in [7, 11) is 1.64. The smallest absolute Gasteiger partial charge is 0.219 e. The third-order valence-electron chi connectivity index (χ3n) is 3.27. The summed E-state index contributed by atoms with van der Waals surface area (Å²) in [6.07, 6.45) is 0. The fourth-order valence-electron chi connectivity index (χ4n) is 2.04. The quantitative estimate of drug-likeness (QED) is 0.881. The molecule has 1 heterocycles. The van der Waals surface area contributed by atoms with Crippen LogP contribution in [0.1, 0.15) is 23.7 Å². The van der Waals surface area contributed by atoms with Gasteiger partial charge in [0.25, 0.3) is 0 Å². The van der Waals surface area contributed by atoms with Gasteiger partial charge in [-0.3, -0.25) is 0 Å². The van der Waals surface area contributed by atoms with E-state index in [4.69, 9.17) is 9.47 Å². The van der Waals surface area contributed by atoms with Crippen molar-refractivity contribution in [1.29, 1.82) is 0 Å².